The van der Waals surface area contributed by atoms with Crippen molar-refractivity contribution in [2.45, 2.75) is 32.6 Å². The predicted octanol–water partition coefficient (Wildman–Crippen LogP) is 2.71. The Kier molecular flexibility index (Phi) is 3.73. The summed E-state index contributed by atoms with van der Waals surface area (Å²) < 4.78 is 5.14. The van der Waals surface area contributed by atoms with E-state index in [0.717, 1.165) is 31.6 Å². The summed E-state index contributed by atoms with van der Waals surface area (Å²) in [7, 11) is 0. The first kappa shape index (κ1) is 13.8. The fraction of sp³-hybridized carbons (Fsp3) is 0.438. The van der Waals surface area contributed by atoms with Crippen LogP contribution < -0.4 is 0 Å². The topological polar surface area (TPSA) is 59.2 Å². The van der Waals surface area contributed by atoms with Gasteiger partial charge in [0.05, 0.1) is 0 Å². The van der Waals surface area contributed by atoms with E-state index < -0.39 is 0 Å². The lowest BCUT2D eigenvalue weighted by Gasteiger charge is -2.32. The minimum Gasteiger partial charge on any atom is -0.448 e. The molecule has 3 rings (SSSR count). The van der Waals surface area contributed by atoms with Crippen LogP contribution in [0.5, 0.6) is 0 Å². The molecule has 0 aliphatic carbocycles. The van der Waals surface area contributed by atoms with E-state index in [1.165, 1.54) is 11.8 Å². The molecule has 5 nitrogen and oxygen atoms in total. The molecule has 1 unspecified atom stereocenters. The largest absolute Gasteiger partial charge is 0.448 e. The number of pyridine rings is 1. The van der Waals surface area contributed by atoms with Crippen LogP contribution in [0.1, 0.15) is 46.4 Å². The standard InChI is InChI=1S/C16H19N3O2/c1-11-8-13(5-6-17-11)14-4-3-7-19(9-14)16(20)15-10-21-12(2)18-15/h5-6,8,10,14H,3-4,7,9H2,1-2H3. The minimum atomic E-state index is -0.0395. The Morgan fingerprint density at radius 1 is 1.43 bits per heavy atom. The highest BCUT2D eigenvalue weighted by atomic mass is 16.3. The van der Waals surface area contributed by atoms with Crippen molar-refractivity contribution in [3.05, 3.63) is 47.4 Å². The molecular weight excluding hydrogens is 266 g/mol. The van der Waals surface area contributed by atoms with Gasteiger partial charge in [-0.3, -0.25) is 9.78 Å². The van der Waals surface area contributed by atoms with Crippen LogP contribution >= 0.6 is 0 Å². The number of amides is 1. The average Bonchev–Trinajstić information content (AvgIpc) is 2.93. The normalized spacial score (nSPS) is 18.8. The molecule has 0 N–H and O–H groups in total. The van der Waals surface area contributed by atoms with Gasteiger partial charge in [-0.15, -0.1) is 0 Å². The first-order valence-electron chi connectivity index (χ1n) is 7.27. The third-order valence-corrected chi connectivity index (χ3v) is 3.94. The highest BCUT2D eigenvalue weighted by molar-refractivity contribution is 5.92. The average molecular weight is 285 g/mol. The van der Waals surface area contributed by atoms with E-state index in [1.54, 1.807) is 6.92 Å². The van der Waals surface area contributed by atoms with Crippen LogP contribution in [0.25, 0.3) is 0 Å². The number of rotatable bonds is 2. The molecule has 110 valence electrons. The maximum absolute atomic E-state index is 12.4. The molecule has 0 spiro atoms. The van der Waals surface area contributed by atoms with Crippen molar-refractivity contribution >= 4 is 5.91 Å². The third kappa shape index (κ3) is 2.96. The van der Waals surface area contributed by atoms with Crippen molar-refractivity contribution in [2.75, 3.05) is 13.1 Å². The summed E-state index contributed by atoms with van der Waals surface area (Å²) in [6.45, 7) is 5.25. The number of likely N-dealkylation sites (tertiary alicyclic amines) is 1. The van der Waals surface area contributed by atoms with Gasteiger partial charge in [0.1, 0.15) is 6.26 Å². The fourth-order valence-corrected chi connectivity index (χ4v) is 2.88. The van der Waals surface area contributed by atoms with E-state index in [9.17, 15) is 4.79 Å². The number of oxazole rings is 1. The van der Waals surface area contributed by atoms with Gasteiger partial charge in [0, 0.05) is 37.8 Å². The number of carbonyl (C=O) groups excluding carboxylic acids is 1. The van der Waals surface area contributed by atoms with Crippen molar-refractivity contribution < 1.29 is 9.21 Å². The predicted molar refractivity (Wildman–Crippen MR) is 78.1 cm³/mol. The summed E-state index contributed by atoms with van der Waals surface area (Å²) in [6.07, 6.45) is 5.39. The van der Waals surface area contributed by atoms with Crippen LogP contribution in [0.15, 0.2) is 29.0 Å². The number of nitrogens with zero attached hydrogens (tertiary/aromatic N) is 3. The van der Waals surface area contributed by atoms with Crippen molar-refractivity contribution in [3.63, 3.8) is 0 Å². The van der Waals surface area contributed by atoms with Gasteiger partial charge in [-0.05, 0) is 37.5 Å². The molecular formula is C16H19N3O2. The fourth-order valence-electron chi connectivity index (χ4n) is 2.88. The molecule has 21 heavy (non-hydrogen) atoms. The molecule has 1 amide bonds. The Morgan fingerprint density at radius 3 is 3.00 bits per heavy atom. The lowest BCUT2D eigenvalue weighted by Crippen LogP contribution is -2.39. The first-order chi connectivity index (χ1) is 10.1. The Labute approximate surface area is 124 Å². The molecule has 1 atom stereocenters. The van der Waals surface area contributed by atoms with Crippen molar-refractivity contribution in [1.82, 2.24) is 14.9 Å². The van der Waals surface area contributed by atoms with E-state index in [-0.39, 0.29) is 5.91 Å². The summed E-state index contributed by atoms with van der Waals surface area (Å²) in [5.74, 6) is 0.858. The van der Waals surface area contributed by atoms with E-state index in [0.29, 0.717) is 17.5 Å². The van der Waals surface area contributed by atoms with Crippen LogP contribution in [0, 0.1) is 13.8 Å². The highest BCUT2D eigenvalue weighted by Gasteiger charge is 2.27. The molecule has 3 heterocycles. The third-order valence-electron chi connectivity index (χ3n) is 3.94. The second-order valence-corrected chi connectivity index (χ2v) is 5.57. The van der Waals surface area contributed by atoms with Gasteiger partial charge in [-0.1, -0.05) is 0 Å². The molecule has 0 radical (unpaired) electrons. The van der Waals surface area contributed by atoms with E-state index in [1.807, 2.05) is 24.1 Å². The molecule has 1 saturated heterocycles. The van der Waals surface area contributed by atoms with Gasteiger partial charge in [-0.2, -0.15) is 0 Å². The second-order valence-electron chi connectivity index (χ2n) is 5.57. The number of hydrogen-bond donors (Lipinski definition) is 0. The Balaban J connectivity index is 1.75. The van der Waals surface area contributed by atoms with Crippen LogP contribution in [-0.4, -0.2) is 33.9 Å². The van der Waals surface area contributed by atoms with Crippen LogP contribution in [-0.2, 0) is 0 Å². The van der Waals surface area contributed by atoms with E-state index in [4.69, 9.17) is 4.42 Å². The lowest BCUT2D eigenvalue weighted by molar-refractivity contribution is 0.0701. The first-order valence-corrected chi connectivity index (χ1v) is 7.27. The minimum absolute atomic E-state index is 0.0395. The van der Waals surface area contributed by atoms with Crippen LogP contribution in [0.4, 0.5) is 0 Å². The monoisotopic (exact) mass is 285 g/mol. The van der Waals surface area contributed by atoms with Crippen LogP contribution in [0.3, 0.4) is 0 Å². The number of aromatic nitrogens is 2. The van der Waals surface area contributed by atoms with Gasteiger partial charge in [0.15, 0.2) is 11.6 Å². The number of aryl methyl sites for hydroxylation is 2. The Morgan fingerprint density at radius 2 is 2.29 bits per heavy atom. The zero-order valence-corrected chi connectivity index (χ0v) is 12.4. The van der Waals surface area contributed by atoms with Crippen molar-refractivity contribution in [1.29, 1.82) is 0 Å². The van der Waals surface area contributed by atoms with Crippen molar-refractivity contribution in [2.24, 2.45) is 0 Å². The molecule has 1 fully saturated rings. The molecule has 1 aliphatic heterocycles. The molecule has 0 aromatic carbocycles. The number of carbonyl (C=O) groups is 1. The lowest BCUT2D eigenvalue weighted by atomic mass is 9.90. The van der Waals surface area contributed by atoms with Gasteiger partial charge in [0.2, 0.25) is 0 Å². The summed E-state index contributed by atoms with van der Waals surface area (Å²) in [5.41, 5.74) is 2.68. The maximum atomic E-state index is 12.4. The number of hydrogen-bond acceptors (Lipinski definition) is 4. The zero-order chi connectivity index (χ0) is 14.8. The van der Waals surface area contributed by atoms with Crippen LogP contribution in [0.2, 0.25) is 0 Å². The van der Waals surface area contributed by atoms with E-state index in [2.05, 4.69) is 16.0 Å². The molecule has 2 aromatic heterocycles. The smallest absolute Gasteiger partial charge is 0.275 e. The zero-order valence-electron chi connectivity index (χ0n) is 12.4. The van der Waals surface area contributed by atoms with Gasteiger partial charge < -0.3 is 9.32 Å². The summed E-state index contributed by atoms with van der Waals surface area (Å²) in [6, 6.07) is 4.16. The molecule has 0 bridgehead atoms. The Hall–Kier alpha value is -2.17. The van der Waals surface area contributed by atoms with Gasteiger partial charge >= 0.3 is 0 Å². The SMILES string of the molecule is Cc1cc(C2CCCN(C(=O)c3coc(C)n3)C2)ccn1. The summed E-state index contributed by atoms with van der Waals surface area (Å²) in [4.78, 5) is 22.7. The van der Waals surface area contributed by atoms with Crippen molar-refractivity contribution in [3.8, 4) is 0 Å². The summed E-state index contributed by atoms with van der Waals surface area (Å²) in [5, 5.41) is 0. The Bertz CT molecular complexity index is 650. The van der Waals surface area contributed by atoms with Gasteiger partial charge in [0.25, 0.3) is 5.91 Å². The summed E-state index contributed by atoms with van der Waals surface area (Å²) >= 11 is 0. The van der Waals surface area contributed by atoms with Gasteiger partial charge in [-0.25, -0.2) is 4.98 Å². The molecule has 1 aliphatic rings. The highest BCUT2D eigenvalue weighted by Crippen LogP contribution is 2.27. The molecule has 2 aromatic rings. The number of piperidine rings is 1. The maximum Gasteiger partial charge on any atom is 0.275 e. The second kappa shape index (κ2) is 5.68. The molecule has 5 heteroatoms. The molecule has 0 saturated carbocycles. The quantitative estimate of drug-likeness (QED) is 0.851. The van der Waals surface area contributed by atoms with E-state index >= 15 is 0 Å².